The molecule has 3 heteroatoms. The molecule has 0 nitrogen and oxygen atoms in total. The van der Waals surface area contributed by atoms with Crippen LogP contribution in [0.5, 0.6) is 0 Å². The first kappa shape index (κ1) is 33.8. The van der Waals surface area contributed by atoms with Gasteiger partial charge in [0.05, 0.1) is 0 Å². The lowest BCUT2D eigenvalue weighted by Crippen LogP contribution is -3.00. The Morgan fingerprint density at radius 1 is 0.500 bits per heavy atom. The molecule has 0 saturated heterocycles. The van der Waals surface area contributed by atoms with Crippen molar-refractivity contribution in [3.05, 3.63) is 0 Å². The largest absolute Gasteiger partial charge is 1.00 e. The molecule has 0 spiro atoms. The molecule has 0 bridgehead atoms. The van der Waals surface area contributed by atoms with Crippen molar-refractivity contribution >= 4 is 17.8 Å². The van der Waals surface area contributed by atoms with Gasteiger partial charge >= 0.3 is 0 Å². The fourth-order valence-corrected chi connectivity index (χ4v) is 6.88. The van der Waals surface area contributed by atoms with Gasteiger partial charge in [-0.2, -0.15) is 0 Å². The molecule has 0 aliphatic heterocycles. The molecule has 2 unspecified atom stereocenters. The van der Waals surface area contributed by atoms with E-state index in [4.69, 9.17) is 0 Å². The van der Waals surface area contributed by atoms with Crippen LogP contribution in [0, 0.1) is 0 Å². The van der Waals surface area contributed by atoms with Gasteiger partial charge in [-0.25, -0.2) is 0 Å². The van der Waals surface area contributed by atoms with E-state index < -0.39 is 0 Å². The van der Waals surface area contributed by atoms with Crippen LogP contribution in [0.3, 0.4) is 0 Å². The molecule has 174 valence electrons. The molecule has 0 aromatic rings. The zero-order valence-corrected chi connectivity index (χ0v) is 24.2. The summed E-state index contributed by atoms with van der Waals surface area (Å²) in [5, 5.41) is 0. The fourth-order valence-electron chi connectivity index (χ4n) is 3.97. The van der Waals surface area contributed by atoms with E-state index in [9.17, 15) is 0 Å². The Balaban J connectivity index is -0.00000312. The molecule has 0 rings (SSSR count). The maximum atomic E-state index is 2.60. The highest BCUT2D eigenvalue weighted by molar-refractivity contribution is 7.58. The number of rotatable bonds is 21. The van der Waals surface area contributed by atoms with Crippen LogP contribution in [0.25, 0.3) is 0 Å². The number of hydrogen-bond donors (Lipinski definition) is 0. The third kappa shape index (κ3) is 23.4. The minimum Gasteiger partial charge on any atom is -1.00 e. The molecule has 0 aliphatic carbocycles. The molecule has 0 fully saturated rings. The number of hydrogen-bond acceptors (Lipinski definition) is 0. The smallest absolute Gasteiger partial charge is 0.0238 e. The fraction of sp³-hybridized carbons (Fsp3) is 1.00. The maximum absolute atomic E-state index is 2.60. The highest BCUT2D eigenvalue weighted by atomic mass is 35.5. The van der Waals surface area contributed by atoms with Crippen LogP contribution < -0.4 is 12.4 Å². The zero-order valence-electron chi connectivity index (χ0n) is 20.5. The maximum Gasteiger partial charge on any atom is -0.0238 e. The summed E-state index contributed by atoms with van der Waals surface area (Å²) in [6.07, 6.45) is 29.5. The van der Waals surface area contributed by atoms with Crippen molar-refractivity contribution < 1.29 is 12.4 Å². The summed E-state index contributed by atoms with van der Waals surface area (Å²) in [6, 6.07) is 0. The Labute approximate surface area is 191 Å². The number of unbranched alkanes of at least 4 members (excludes halogenated alkanes) is 14. The van der Waals surface area contributed by atoms with Gasteiger partial charge in [-0.1, -0.05) is 124 Å². The van der Waals surface area contributed by atoms with E-state index in [-0.39, 0.29) is 22.3 Å². The predicted molar refractivity (Wildman–Crippen MR) is 139 cm³/mol. The quantitative estimate of drug-likeness (QED) is 0.133. The van der Waals surface area contributed by atoms with Crippen molar-refractivity contribution in [2.24, 2.45) is 0 Å². The van der Waals surface area contributed by atoms with Gasteiger partial charge in [-0.15, -0.1) is 7.92 Å². The van der Waals surface area contributed by atoms with E-state index in [1.54, 1.807) is 12.3 Å². The van der Waals surface area contributed by atoms with Gasteiger partial charge in [-0.3, -0.25) is 0 Å². The molecule has 0 aliphatic rings. The highest BCUT2D eigenvalue weighted by Crippen LogP contribution is 2.45. The minimum absolute atomic E-state index is 0. The first-order valence-electron chi connectivity index (χ1n) is 12.5. The SMILES string of the molecule is CCCCCCCCP(CCCCCCCC)C(C)CCCCCCC.[Cl-].[PH4+]. The summed E-state index contributed by atoms with van der Waals surface area (Å²) in [5.74, 6) is 0. The monoisotopic (exact) mass is 454 g/mol. The first-order valence-corrected chi connectivity index (χ1v) is 14.3. The summed E-state index contributed by atoms with van der Waals surface area (Å²) < 4.78 is 0. The molecule has 0 aromatic carbocycles. The first-order chi connectivity index (χ1) is 12.8. The van der Waals surface area contributed by atoms with E-state index in [1.165, 1.54) is 116 Å². The standard InChI is InChI=1S/C25H53P.ClH.H3P/c1-5-8-11-14-17-20-23-26(24-21-18-15-12-9-6-2)25(4)22-19-16-13-10-7-3;;/h25H,5-24H2,1-4H3;1H;1H3. The van der Waals surface area contributed by atoms with Crippen LogP contribution in [0.2, 0.25) is 0 Å². The molecule has 0 radical (unpaired) electrons. The third-order valence-corrected chi connectivity index (χ3v) is 9.23. The lowest BCUT2D eigenvalue weighted by molar-refractivity contribution is -0.00000606. The Morgan fingerprint density at radius 2 is 0.821 bits per heavy atom. The van der Waals surface area contributed by atoms with Crippen molar-refractivity contribution in [2.75, 3.05) is 12.3 Å². The van der Waals surface area contributed by atoms with E-state index in [0.29, 0.717) is 7.92 Å². The van der Waals surface area contributed by atoms with Crippen LogP contribution in [0.1, 0.15) is 143 Å². The van der Waals surface area contributed by atoms with Crippen molar-refractivity contribution in [1.29, 1.82) is 0 Å². The van der Waals surface area contributed by atoms with Crippen LogP contribution in [0.4, 0.5) is 0 Å². The molecule has 0 heterocycles. The Kier molecular flexibility index (Phi) is 34.0. The Hall–Kier alpha value is 1.15. The van der Waals surface area contributed by atoms with E-state index in [0.717, 1.165) is 5.66 Å². The average molecular weight is 455 g/mol. The summed E-state index contributed by atoms with van der Waals surface area (Å²) in [6.45, 7) is 9.56. The molecular weight excluding hydrogens is 398 g/mol. The summed E-state index contributed by atoms with van der Waals surface area (Å²) >= 11 is 0. The Morgan fingerprint density at radius 3 is 1.21 bits per heavy atom. The molecule has 0 aromatic heterocycles. The lowest BCUT2D eigenvalue weighted by atomic mass is 10.1. The average Bonchev–Trinajstić information content (AvgIpc) is 2.65. The van der Waals surface area contributed by atoms with Crippen LogP contribution in [0.15, 0.2) is 0 Å². The summed E-state index contributed by atoms with van der Waals surface area (Å²) in [4.78, 5) is 0. The van der Waals surface area contributed by atoms with Crippen molar-refractivity contribution in [1.82, 2.24) is 0 Å². The van der Waals surface area contributed by atoms with Crippen molar-refractivity contribution in [3.63, 3.8) is 0 Å². The van der Waals surface area contributed by atoms with Gasteiger partial charge in [-0.05, 0) is 47.1 Å². The second-order valence-corrected chi connectivity index (χ2v) is 11.6. The minimum atomic E-state index is 0. The van der Waals surface area contributed by atoms with Gasteiger partial charge < -0.3 is 12.4 Å². The van der Waals surface area contributed by atoms with Crippen LogP contribution in [-0.4, -0.2) is 18.0 Å². The summed E-state index contributed by atoms with van der Waals surface area (Å²) in [5.41, 5.74) is 1.03. The van der Waals surface area contributed by atoms with Gasteiger partial charge in [0, 0.05) is 0 Å². The van der Waals surface area contributed by atoms with Gasteiger partial charge in [0.2, 0.25) is 0 Å². The normalized spacial score (nSPS) is 11.9. The second kappa shape index (κ2) is 28.1. The van der Waals surface area contributed by atoms with E-state index >= 15 is 0 Å². The van der Waals surface area contributed by atoms with Gasteiger partial charge in [0.15, 0.2) is 0 Å². The molecule has 0 amide bonds. The summed E-state index contributed by atoms with van der Waals surface area (Å²) in [7, 11) is 0.305. The zero-order chi connectivity index (χ0) is 19.3. The van der Waals surface area contributed by atoms with E-state index in [1.807, 2.05) is 0 Å². The second-order valence-electron chi connectivity index (χ2n) is 8.62. The molecule has 2 atom stereocenters. The topological polar surface area (TPSA) is 0 Å². The van der Waals surface area contributed by atoms with E-state index in [2.05, 4.69) is 27.7 Å². The van der Waals surface area contributed by atoms with Gasteiger partial charge in [0.1, 0.15) is 0 Å². The van der Waals surface area contributed by atoms with Gasteiger partial charge in [0.25, 0.3) is 0 Å². The molecule has 28 heavy (non-hydrogen) atoms. The van der Waals surface area contributed by atoms with Crippen molar-refractivity contribution in [2.45, 2.75) is 149 Å². The molecule has 0 N–H and O–H groups in total. The molecule has 0 saturated carbocycles. The van der Waals surface area contributed by atoms with Crippen LogP contribution >= 0.6 is 17.8 Å². The number of halogens is 1. The third-order valence-electron chi connectivity index (χ3n) is 5.95. The Bertz CT molecular complexity index is 245. The molecular formula is C25H57ClP2. The van der Waals surface area contributed by atoms with Crippen molar-refractivity contribution in [3.8, 4) is 0 Å². The van der Waals surface area contributed by atoms with Crippen LogP contribution in [-0.2, 0) is 0 Å². The lowest BCUT2D eigenvalue weighted by Gasteiger charge is -2.25. The highest BCUT2D eigenvalue weighted by Gasteiger charge is 2.15. The predicted octanol–water partition coefficient (Wildman–Crippen LogP) is 6.73.